The first-order valence-corrected chi connectivity index (χ1v) is 8.68. The Morgan fingerprint density at radius 3 is 2.79 bits per heavy atom. The first kappa shape index (κ1) is 18.8. The molecule has 138 valence electrons. The van der Waals surface area contributed by atoms with Gasteiger partial charge in [0.2, 0.25) is 0 Å². The Hall–Kier alpha value is -4.03. The van der Waals surface area contributed by atoms with Crippen LogP contribution in [0.1, 0.15) is 12.0 Å². The standard InChI is InChI=1S/C22H18N4O2/c1-28-19-7-4-6-18(13-19)25-22(27)16(14-24)12-17-15-26(11-5-10-23)21-9-3-2-8-20(17)21/h2-4,6-9,12-13,15H,5,11H2,1H3,(H,25,27)/b16-12+. The van der Waals surface area contributed by atoms with E-state index in [1.54, 1.807) is 37.5 Å². The van der Waals surface area contributed by atoms with Crippen molar-refractivity contribution in [1.29, 1.82) is 10.5 Å². The Kier molecular flexibility index (Phi) is 5.74. The molecule has 0 unspecified atom stereocenters. The summed E-state index contributed by atoms with van der Waals surface area (Å²) < 4.78 is 7.10. The molecule has 0 aliphatic rings. The molecule has 0 spiro atoms. The van der Waals surface area contributed by atoms with Crippen LogP contribution in [0.4, 0.5) is 5.69 Å². The summed E-state index contributed by atoms with van der Waals surface area (Å²) in [6, 6.07) is 18.7. The van der Waals surface area contributed by atoms with Gasteiger partial charge in [-0.05, 0) is 24.3 Å². The van der Waals surface area contributed by atoms with E-state index in [2.05, 4.69) is 11.4 Å². The van der Waals surface area contributed by atoms with Gasteiger partial charge < -0.3 is 14.6 Å². The molecule has 1 aromatic heterocycles. The zero-order valence-corrected chi connectivity index (χ0v) is 15.3. The molecule has 1 heterocycles. The van der Waals surface area contributed by atoms with Crippen molar-refractivity contribution in [2.75, 3.05) is 12.4 Å². The lowest BCUT2D eigenvalue weighted by atomic mass is 10.1. The lowest BCUT2D eigenvalue weighted by Gasteiger charge is -2.06. The summed E-state index contributed by atoms with van der Waals surface area (Å²) in [7, 11) is 1.55. The van der Waals surface area contributed by atoms with Gasteiger partial charge in [0, 0.05) is 41.0 Å². The molecule has 1 amide bonds. The molecule has 3 rings (SSSR count). The van der Waals surface area contributed by atoms with Crippen molar-refractivity contribution < 1.29 is 9.53 Å². The van der Waals surface area contributed by atoms with E-state index in [1.165, 1.54) is 0 Å². The highest BCUT2D eigenvalue weighted by Crippen LogP contribution is 2.24. The maximum Gasteiger partial charge on any atom is 0.266 e. The van der Waals surface area contributed by atoms with Crippen LogP contribution >= 0.6 is 0 Å². The number of fused-ring (bicyclic) bond motifs is 1. The number of ether oxygens (including phenoxy) is 1. The number of nitriles is 2. The summed E-state index contributed by atoms with van der Waals surface area (Å²) >= 11 is 0. The van der Waals surface area contributed by atoms with E-state index < -0.39 is 5.91 Å². The van der Waals surface area contributed by atoms with Crippen LogP contribution in [-0.2, 0) is 11.3 Å². The van der Waals surface area contributed by atoms with Gasteiger partial charge in [-0.3, -0.25) is 4.79 Å². The molecule has 0 saturated carbocycles. The van der Waals surface area contributed by atoms with E-state index in [4.69, 9.17) is 10.00 Å². The minimum absolute atomic E-state index is 0.00833. The number of benzene rings is 2. The molecule has 0 atom stereocenters. The fraction of sp³-hybridized carbons (Fsp3) is 0.136. The van der Waals surface area contributed by atoms with Crippen LogP contribution in [0.15, 0.2) is 60.3 Å². The van der Waals surface area contributed by atoms with Gasteiger partial charge in [0.25, 0.3) is 5.91 Å². The van der Waals surface area contributed by atoms with Gasteiger partial charge in [-0.15, -0.1) is 0 Å². The number of methoxy groups -OCH3 is 1. The van der Waals surface area contributed by atoms with E-state index in [0.29, 0.717) is 24.4 Å². The Morgan fingerprint density at radius 1 is 1.21 bits per heavy atom. The van der Waals surface area contributed by atoms with Gasteiger partial charge in [0.15, 0.2) is 0 Å². The van der Waals surface area contributed by atoms with Crippen molar-refractivity contribution in [2.45, 2.75) is 13.0 Å². The number of nitrogens with one attached hydrogen (secondary N) is 1. The minimum atomic E-state index is -0.496. The molecule has 6 nitrogen and oxygen atoms in total. The molecule has 0 aliphatic carbocycles. The molecular formula is C22H18N4O2. The molecule has 3 aromatic rings. The lowest BCUT2D eigenvalue weighted by Crippen LogP contribution is -2.13. The third-order valence-electron chi connectivity index (χ3n) is 4.28. The first-order valence-electron chi connectivity index (χ1n) is 8.68. The predicted octanol–water partition coefficient (Wildman–Crippen LogP) is 4.11. The number of aryl methyl sites for hydroxylation is 1. The fourth-order valence-electron chi connectivity index (χ4n) is 2.95. The van der Waals surface area contributed by atoms with Gasteiger partial charge in [0.05, 0.1) is 19.6 Å². The third kappa shape index (κ3) is 4.03. The van der Waals surface area contributed by atoms with Gasteiger partial charge >= 0.3 is 0 Å². The van der Waals surface area contributed by atoms with E-state index >= 15 is 0 Å². The van der Waals surface area contributed by atoms with Gasteiger partial charge in [-0.25, -0.2) is 0 Å². The fourth-order valence-corrected chi connectivity index (χ4v) is 2.95. The Morgan fingerprint density at radius 2 is 2.04 bits per heavy atom. The molecule has 1 N–H and O–H groups in total. The number of anilines is 1. The number of hydrogen-bond acceptors (Lipinski definition) is 4. The second-order valence-electron chi connectivity index (χ2n) is 6.06. The predicted molar refractivity (Wildman–Crippen MR) is 107 cm³/mol. The van der Waals surface area contributed by atoms with Gasteiger partial charge in [-0.1, -0.05) is 24.3 Å². The van der Waals surface area contributed by atoms with Crippen LogP contribution in [0.5, 0.6) is 5.75 Å². The SMILES string of the molecule is COc1cccc(NC(=O)/C(C#N)=C/c2cn(CCC#N)c3ccccc23)c1. The second kappa shape index (κ2) is 8.57. The number of carbonyl (C=O) groups excluding carboxylic acids is 1. The maximum absolute atomic E-state index is 12.6. The summed E-state index contributed by atoms with van der Waals surface area (Å²) in [5, 5.41) is 22.0. The summed E-state index contributed by atoms with van der Waals surface area (Å²) in [6.45, 7) is 0.544. The van der Waals surface area contributed by atoms with Crippen molar-refractivity contribution in [3.05, 3.63) is 65.9 Å². The van der Waals surface area contributed by atoms with Crippen LogP contribution in [0.2, 0.25) is 0 Å². The molecule has 28 heavy (non-hydrogen) atoms. The molecule has 0 saturated heterocycles. The number of nitrogens with zero attached hydrogens (tertiary/aromatic N) is 3. The summed E-state index contributed by atoms with van der Waals surface area (Å²) in [6.07, 6.45) is 3.81. The molecule has 0 radical (unpaired) electrons. The Bertz CT molecular complexity index is 1130. The van der Waals surface area contributed by atoms with Crippen molar-refractivity contribution in [1.82, 2.24) is 4.57 Å². The summed E-state index contributed by atoms with van der Waals surface area (Å²) in [5.74, 6) is 0.116. The number of hydrogen-bond donors (Lipinski definition) is 1. The number of amides is 1. The van der Waals surface area contributed by atoms with Crippen LogP contribution in [0.3, 0.4) is 0 Å². The number of rotatable bonds is 6. The third-order valence-corrected chi connectivity index (χ3v) is 4.28. The van der Waals surface area contributed by atoms with Crippen LogP contribution in [0.25, 0.3) is 17.0 Å². The highest BCUT2D eigenvalue weighted by Gasteiger charge is 2.13. The Balaban J connectivity index is 1.93. The van der Waals surface area contributed by atoms with Crippen LogP contribution in [0, 0.1) is 22.7 Å². The topological polar surface area (TPSA) is 90.8 Å². The van der Waals surface area contributed by atoms with E-state index in [9.17, 15) is 10.1 Å². The largest absolute Gasteiger partial charge is 0.497 e. The highest BCUT2D eigenvalue weighted by molar-refractivity contribution is 6.10. The quantitative estimate of drug-likeness (QED) is 0.522. The summed E-state index contributed by atoms with van der Waals surface area (Å²) in [4.78, 5) is 12.6. The normalized spacial score (nSPS) is 10.9. The van der Waals surface area contributed by atoms with Crippen molar-refractivity contribution in [2.24, 2.45) is 0 Å². The zero-order chi connectivity index (χ0) is 19.9. The van der Waals surface area contributed by atoms with Crippen LogP contribution < -0.4 is 10.1 Å². The molecular weight excluding hydrogens is 352 g/mol. The van der Waals surface area contributed by atoms with E-state index in [-0.39, 0.29) is 5.57 Å². The summed E-state index contributed by atoms with van der Waals surface area (Å²) in [5.41, 5.74) is 2.24. The second-order valence-corrected chi connectivity index (χ2v) is 6.06. The maximum atomic E-state index is 12.6. The molecule has 6 heteroatoms. The number of aromatic nitrogens is 1. The molecule has 2 aromatic carbocycles. The lowest BCUT2D eigenvalue weighted by molar-refractivity contribution is -0.112. The minimum Gasteiger partial charge on any atom is -0.497 e. The molecule has 0 aliphatic heterocycles. The number of carbonyl (C=O) groups is 1. The van der Waals surface area contributed by atoms with E-state index in [1.807, 2.05) is 41.1 Å². The number of para-hydroxylation sites is 1. The average Bonchev–Trinajstić information content (AvgIpc) is 3.08. The monoisotopic (exact) mass is 370 g/mol. The van der Waals surface area contributed by atoms with Crippen LogP contribution in [-0.4, -0.2) is 17.6 Å². The zero-order valence-electron chi connectivity index (χ0n) is 15.3. The van der Waals surface area contributed by atoms with Gasteiger partial charge in [-0.2, -0.15) is 10.5 Å². The van der Waals surface area contributed by atoms with Crippen molar-refractivity contribution in [3.8, 4) is 17.9 Å². The van der Waals surface area contributed by atoms with Gasteiger partial charge in [0.1, 0.15) is 17.4 Å². The van der Waals surface area contributed by atoms with Crippen molar-refractivity contribution >= 4 is 28.6 Å². The smallest absolute Gasteiger partial charge is 0.266 e. The average molecular weight is 370 g/mol. The molecule has 0 bridgehead atoms. The highest BCUT2D eigenvalue weighted by atomic mass is 16.5. The van der Waals surface area contributed by atoms with E-state index in [0.717, 1.165) is 16.5 Å². The molecule has 0 fully saturated rings. The van der Waals surface area contributed by atoms with Crippen molar-refractivity contribution in [3.63, 3.8) is 0 Å². The Labute approximate surface area is 162 Å². The first-order chi connectivity index (χ1) is 13.7.